The summed E-state index contributed by atoms with van der Waals surface area (Å²) in [5, 5.41) is 4.61. The average molecular weight is 267 g/mol. The number of benzene rings is 1. The zero-order chi connectivity index (χ0) is 14.3. The monoisotopic (exact) mass is 267 g/mol. The summed E-state index contributed by atoms with van der Waals surface area (Å²) in [5.41, 5.74) is 3.14. The molecular weight excluding hydrogens is 250 g/mol. The molecule has 0 saturated heterocycles. The van der Waals surface area contributed by atoms with E-state index in [1.54, 1.807) is 4.52 Å². The smallest absolute Gasteiger partial charge is 0.254 e. The van der Waals surface area contributed by atoms with Crippen molar-refractivity contribution in [3.05, 3.63) is 41.6 Å². The van der Waals surface area contributed by atoms with Gasteiger partial charge >= 0.3 is 0 Å². The van der Waals surface area contributed by atoms with Gasteiger partial charge in [-0.2, -0.15) is 9.50 Å². The Morgan fingerprint density at radius 3 is 2.50 bits per heavy atom. The lowest BCUT2D eigenvalue weighted by atomic mass is 10.1. The van der Waals surface area contributed by atoms with Crippen molar-refractivity contribution in [1.29, 1.82) is 0 Å². The quantitative estimate of drug-likeness (QED) is 0.715. The first-order valence-corrected chi connectivity index (χ1v) is 6.54. The predicted molar refractivity (Wildman–Crippen MR) is 80.0 cm³/mol. The predicted octanol–water partition coefficient (Wildman–Crippen LogP) is 2.47. The maximum absolute atomic E-state index is 4.61. The van der Waals surface area contributed by atoms with Gasteiger partial charge in [0.2, 0.25) is 0 Å². The fraction of sp³-hybridized carbons (Fsp3) is 0.267. The lowest BCUT2D eigenvalue weighted by Crippen LogP contribution is -2.14. The third-order valence-corrected chi connectivity index (χ3v) is 3.27. The van der Waals surface area contributed by atoms with Gasteiger partial charge in [-0.1, -0.05) is 24.3 Å². The summed E-state index contributed by atoms with van der Waals surface area (Å²) in [7, 11) is 3.98. The summed E-state index contributed by atoms with van der Waals surface area (Å²) >= 11 is 0. The maximum atomic E-state index is 4.61. The standard InChI is InChI=1S/C15H17N5/c1-10-7-5-6-8-12(10)14-17-15-16-11(2)9-13(19(3)4)20(15)18-14/h5-9H,1-4H3. The van der Waals surface area contributed by atoms with E-state index >= 15 is 0 Å². The second kappa shape index (κ2) is 4.59. The van der Waals surface area contributed by atoms with Gasteiger partial charge in [0.25, 0.3) is 5.78 Å². The van der Waals surface area contributed by atoms with Crippen LogP contribution in [0.1, 0.15) is 11.3 Å². The van der Waals surface area contributed by atoms with E-state index in [1.165, 1.54) is 0 Å². The van der Waals surface area contributed by atoms with Crippen LogP contribution in [0.4, 0.5) is 5.82 Å². The highest BCUT2D eigenvalue weighted by Gasteiger charge is 2.13. The zero-order valence-corrected chi connectivity index (χ0v) is 12.1. The molecular formula is C15H17N5. The van der Waals surface area contributed by atoms with Gasteiger partial charge in [0.05, 0.1) is 0 Å². The largest absolute Gasteiger partial charge is 0.363 e. The van der Waals surface area contributed by atoms with Crippen LogP contribution < -0.4 is 4.90 Å². The van der Waals surface area contributed by atoms with Crippen LogP contribution in [0, 0.1) is 13.8 Å². The Hall–Kier alpha value is -2.43. The molecule has 0 N–H and O–H groups in total. The first-order valence-electron chi connectivity index (χ1n) is 6.54. The van der Waals surface area contributed by atoms with Gasteiger partial charge in [0, 0.05) is 31.4 Å². The third kappa shape index (κ3) is 2.01. The number of hydrogen-bond donors (Lipinski definition) is 0. The van der Waals surface area contributed by atoms with Crippen LogP contribution in [0.2, 0.25) is 0 Å². The first kappa shape index (κ1) is 12.6. The summed E-state index contributed by atoms with van der Waals surface area (Å²) in [6, 6.07) is 10.1. The van der Waals surface area contributed by atoms with Crippen LogP contribution in [-0.4, -0.2) is 33.7 Å². The molecule has 0 fully saturated rings. The van der Waals surface area contributed by atoms with E-state index in [0.29, 0.717) is 11.6 Å². The summed E-state index contributed by atoms with van der Waals surface area (Å²) in [5.74, 6) is 2.32. The van der Waals surface area contributed by atoms with Crippen molar-refractivity contribution in [2.75, 3.05) is 19.0 Å². The highest BCUT2D eigenvalue weighted by atomic mass is 15.4. The SMILES string of the molecule is Cc1cc(N(C)C)n2nc(-c3ccccc3C)nc2n1. The van der Waals surface area contributed by atoms with Crippen molar-refractivity contribution in [2.45, 2.75) is 13.8 Å². The van der Waals surface area contributed by atoms with Gasteiger partial charge in [-0.15, -0.1) is 5.10 Å². The van der Waals surface area contributed by atoms with E-state index in [-0.39, 0.29) is 0 Å². The van der Waals surface area contributed by atoms with E-state index in [0.717, 1.165) is 22.6 Å². The second-order valence-corrected chi connectivity index (χ2v) is 5.11. The Bertz CT molecular complexity index is 773. The molecule has 2 heterocycles. The van der Waals surface area contributed by atoms with Crippen molar-refractivity contribution >= 4 is 11.6 Å². The normalized spacial score (nSPS) is 11.0. The molecule has 2 aromatic heterocycles. The summed E-state index contributed by atoms with van der Waals surface area (Å²) in [6.07, 6.45) is 0. The molecule has 3 aromatic rings. The molecule has 20 heavy (non-hydrogen) atoms. The van der Waals surface area contributed by atoms with Gasteiger partial charge in [-0.05, 0) is 19.4 Å². The van der Waals surface area contributed by atoms with Crippen molar-refractivity contribution in [3.63, 3.8) is 0 Å². The fourth-order valence-electron chi connectivity index (χ4n) is 2.22. The molecule has 0 amide bonds. The van der Waals surface area contributed by atoms with E-state index in [9.17, 15) is 0 Å². The minimum absolute atomic E-state index is 0.631. The minimum atomic E-state index is 0.631. The van der Waals surface area contributed by atoms with Crippen LogP contribution in [0.25, 0.3) is 17.2 Å². The minimum Gasteiger partial charge on any atom is -0.363 e. The average Bonchev–Trinajstić information content (AvgIpc) is 2.81. The Labute approximate surface area is 117 Å². The van der Waals surface area contributed by atoms with Crippen LogP contribution >= 0.6 is 0 Å². The highest BCUT2D eigenvalue weighted by molar-refractivity contribution is 5.62. The summed E-state index contributed by atoms with van der Waals surface area (Å²) in [4.78, 5) is 11.0. The Morgan fingerprint density at radius 2 is 1.80 bits per heavy atom. The molecule has 0 aliphatic rings. The van der Waals surface area contributed by atoms with E-state index in [2.05, 4.69) is 28.1 Å². The van der Waals surface area contributed by atoms with Crippen molar-refractivity contribution < 1.29 is 0 Å². The van der Waals surface area contributed by atoms with Crippen LogP contribution in [0.3, 0.4) is 0 Å². The van der Waals surface area contributed by atoms with Gasteiger partial charge in [0.1, 0.15) is 5.82 Å². The zero-order valence-electron chi connectivity index (χ0n) is 12.1. The van der Waals surface area contributed by atoms with Crippen molar-refractivity contribution in [2.24, 2.45) is 0 Å². The molecule has 0 saturated carbocycles. The highest BCUT2D eigenvalue weighted by Crippen LogP contribution is 2.22. The lowest BCUT2D eigenvalue weighted by molar-refractivity contribution is 0.890. The summed E-state index contributed by atoms with van der Waals surface area (Å²) < 4.78 is 1.79. The topological polar surface area (TPSA) is 46.3 Å². The molecule has 5 heteroatoms. The molecule has 1 aromatic carbocycles. The summed E-state index contributed by atoms with van der Waals surface area (Å²) in [6.45, 7) is 4.03. The molecule has 3 rings (SSSR count). The molecule has 102 valence electrons. The Kier molecular flexibility index (Phi) is 2.89. The van der Waals surface area contributed by atoms with E-state index in [1.807, 2.05) is 50.2 Å². The van der Waals surface area contributed by atoms with Gasteiger partial charge in [0.15, 0.2) is 5.82 Å². The number of fused-ring (bicyclic) bond motifs is 1. The Morgan fingerprint density at radius 1 is 1.05 bits per heavy atom. The number of aromatic nitrogens is 4. The van der Waals surface area contributed by atoms with Crippen molar-refractivity contribution in [3.8, 4) is 11.4 Å². The molecule has 0 aliphatic carbocycles. The fourth-order valence-corrected chi connectivity index (χ4v) is 2.22. The lowest BCUT2D eigenvalue weighted by Gasteiger charge is -2.13. The number of nitrogens with zero attached hydrogens (tertiary/aromatic N) is 5. The van der Waals surface area contributed by atoms with Crippen molar-refractivity contribution in [1.82, 2.24) is 19.6 Å². The second-order valence-electron chi connectivity index (χ2n) is 5.11. The molecule has 0 bridgehead atoms. The van der Waals surface area contributed by atoms with Crippen LogP contribution in [0.15, 0.2) is 30.3 Å². The third-order valence-electron chi connectivity index (χ3n) is 3.27. The molecule has 0 aliphatic heterocycles. The molecule has 0 unspecified atom stereocenters. The van der Waals surface area contributed by atoms with Gasteiger partial charge in [-0.3, -0.25) is 0 Å². The number of aryl methyl sites for hydroxylation is 2. The number of rotatable bonds is 2. The molecule has 0 atom stereocenters. The molecule has 0 spiro atoms. The van der Waals surface area contributed by atoms with E-state index < -0.39 is 0 Å². The van der Waals surface area contributed by atoms with Crippen LogP contribution in [-0.2, 0) is 0 Å². The van der Waals surface area contributed by atoms with Gasteiger partial charge in [-0.25, -0.2) is 4.98 Å². The van der Waals surface area contributed by atoms with E-state index in [4.69, 9.17) is 0 Å². The molecule has 5 nitrogen and oxygen atoms in total. The maximum Gasteiger partial charge on any atom is 0.254 e. The molecule has 0 radical (unpaired) electrons. The van der Waals surface area contributed by atoms with Crippen LogP contribution in [0.5, 0.6) is 0 Å². The van der Waals surface area contributed by atoms with Gasteiger partial charge < -0.3 is 4.90 Å². The number of anilines is 1. The number of hydrogen-bond acceptors (Lipinski definition) is 4. The Balaban J connectivity index is 2.26. The first-order chi connectivity index (χ1) is 9.56.